The zero-order chi connectivity index (χ0) is 22.4. The van der Waals surface area contributed by atoms with Gasteiger partial charge in [0, 0.05) is 12.1 Å². The van der Waals surface area contributed by atoms with Crippen LogP contribution in [0.15, 0.2) is 65.2 Å². The van der Waals surface area contributed by atoms with Crippen molar-refractivity contribution in [2.75, 3.05) is 17.3 Å². The van der Waals surface area contributed by atoms with Crippen molar-refractivity contribution in [3.8, 4) is 12.1 Å². The molecule has 0 aliphatic carbocycles. The van der Waals surface area contributed by atoms with Crippen LogP contribution in [0.25, 0.3) is 0 Å². The maximum Gasteiger partial charge on any atom is 0.337 e. The Balaban J connectivity index is 1.83. The third-order valence-electron chi connectivity index (χ3n) is 4.39. The van der Waals surface area contributed by atoms with Crippen molar-refractivity contribution in [1.29, 1.82) is 10.5 Å². The zero-order valence-corrected chi connectivity index (χ0v) is 17.2. The van der Waals surface area contributed by atoms with Gasteiger partial charge in [0.15, 0.2) is 5.57 Å². The number of imide groups is 1. The Morgan fingerprint density at radius 3 is 2.32 bits per heavy atom. The van der Waals surface area contributed by atoms with Gasteiger partial charge in [0.05, 0.1) is 23.6 Å². The molecule has 0 unspecified atom stereocenters. The van der Waals surface area contributed by atoms with Gasteiger partial charge in [0.2, 0.25) is 11.8 Å². The first-order chi connectivity index (χ1) is 15.0. The van der Waals surface area contributed by atoms with Crippen LogP contribution in [0.3, 0.4) is 0 Å². The molecule has 1 N–H and O–H groups in total. The fourth-order valence-corrected chi connectivity index (χ4v) is 4.01. The number of allylic oxidation sites excluding steroid dienone is 1. The van der Waals surface area contributed by atoms with E-state index in [0.29, 0.717) is 16.9 Å². The second kappa shape index (κ2) is 9.61. The van der Waals surface area contributed by atoms with E-state index in [9.17, 15) is 24.9 Å². The van der Waals surface area contributed by atoms with E-state index in [2.05, 4.69) is 10.1 Å². The molecule has 1 fully saturated rings. The second-order valence-corrected chi connectivity index (χ2v) is 7.55. The number of hydrogen-bond acceptors (Lipinski definition) is 8. The van der Waals surface area contributed by atoms with Crippen LogP contribution in [0.4, 0.5) is 11.4 Å². The molecule has 1 aliphatic rings. The van der Waals surface area contributed by atoms with Crippen LogP contribution in [0.1, 0.15) is 16.8 Å². The molecule has 154 valence electrons. The number of thioether (sulfide) groups is 1. The Hall–Kier alpha value is -4.08. The van der Waals surface area contributed by atoms with Crippen LogP contribution in [-0.2, 0) is 14.3 Å². The summed E-state index contributed by atoms with van der Waals surface area (Å²) in [6, 6.07) is 18.4. The number of methoxy groups -OCH3 is 1. The smallest absolute Gasteiger partial charge is 0.337 e. The fraction of sp³-hybridized carbons (Fsp3) is 0.136. The summed E-state index contributed by atoms with van der Waals surface area (Å²) in [7, 11) is 1.26. The Labute approximate surface area is 182 Å². The van der Waals surface area contributed by atoms with E-state index in [1.807, 2.05) is 18.2 Å². The standard InChI is InChI=1S/C22H16N4O4S/c1-30-22(29)14-7-9-17(10-8-14)26-19(27)11-18(21(26)28)31-20(15(12-23)13-24)25-16-5-3-2-4-6-16/h2-10,18,25H,11H2,1H3/t18-/m1/s1. The third-order valence-corrected chi connectivity index (χ3v) is 5.59. The van der Waals surface area contributed by atoms with Gasteiger partial charge in [-0.1, -0.05) is 30.0 Å². The summed E-state index contributed by atoms with van der Waals surface area (Å²) in [6.07, 6.45) is -0.0909. The monoisotopic (exact) mass is 432 g/mol. The highest BCUT2D eigenvalue weighted by molar-refractivity contribution is 8.04. The van der Waals surface area contributed by atoms with Gasteiger partial charge in [-0.05, 0) is 36.4 Å². The van der Waals surface area contributed by atoms with E-state index in [-0.39, 0.29) is 17.0 Å². The van der Waals surface area contributed by atoms with E-state index < -0.39 is 23.0 Å². The summed E-state index contributed by atoms with van der Waals surface area (Å²) >= 11 is 0.964. The first-order valence-electron chi connectivity index (χ1n) is 9.07. The van der Waals surface area contributed by atoms with Gasteiger partial charge in [0.25, 0.3) is 0 Å². The lowest BCUT2D eigenvalue weighted by atomic mass is 10.2. The van der Waals surface area contributed by atoms with Gasteiger partial charge < -0.3 is 10.1 Å². The molecule has 0 saturated carbocycles. The van der Waals surface area contributed by atoms with Crippen LogP contribution in [-0.4, -0.2) is 30.1 Å². The Morgan fingerprint density at radius 1 is 1.10 bits per heavy atom. The Kier molecular flexibility index (Phi) is 6.71. The number of nitriles is 2. The number of carbonyl (C=O) groups excluding carboxylic acids is 3. The van der Waals surface area contributed by atoms with Crippen molar-refractivity contribution < 1.29 is 19.1 Å². The fourth-order valence-electron chi connectivity index (χ4n) is 2.90. The molecular weight excluding hydrogens is 416 g/mol. The number of nitrogens with one attached hydrogen (secondary N) is 1. The molecule has 0 bridgehead atoms. The van der Waals surface area contributed by atoms with Crippen molar-refractivity contribution in [1.82, 2.24) is 0 Å². The highest BCUT2D eigenvalue weighted by Crippen LogP contribution is 2.35. The summed E-state index contributed by atoms with van der Waals surface area (Å²) in [5.41, 5.74) is 1.07. The summed E-state index contributed by atoms with van der Waals surface area (Å²) in [5, 5.41) is 21.0. The number of hydrogen-bond donors (Lipinski definition) is 1. The highest BCUT2D eigenvalue weighted by Gasteiger charge is 2.41. The lowest BCUT2D eigenvalue weighted by Crippen LogP contribution is -2.31. The molecule has 0 aromatic heterocycles. The lowest BCUT2D eigenvalue weighted by molar-refractivity contribution is -0.121. The first kappa shape index (κ1) is 21.6. The average Bonchev–Trinajstić information content (AvgIpc) is 3.07. The number of rotatable bonds is 6. The summed E-state index contributed by atoms with van der Waals surface area (Å²) in [6.45, 7) is 0. The minimum atomic E-state index is -0.810. The largest absolute Gasteiger partial charge is 0.465 e. The third kappa shape index (κ3) is 4.74. The maximum absolute atomic E-state index is 13.0. The number of anilines is 2. The van der Waals surface area contributed by atoms with E-state index in [1.165, 1.54) is 31.4 Å². The quantitative estimate of drug-likeness (QED) is 0.419. The average molecular weight is 432 g/mol. The molecule has 1 atom stereocenters. The molecule has 0 spiro atoms. The second-order valence-electron chi connectivity index (χ2n) is 6.34. The van der Waals surface area contributed by atoms with Crippen molar-refractivity contribution in [2.45, 2.75) is 11.7 Å². The van der Waals surface area contributed by atoms with Gasteiger partial charge in [-0.2, -0.15) is 10.5 Å². The minimum Gasteiger partial charge on any atom is -0.465 e. The van der Waals surface area contributed by atoms with Crippen molar-refractivity contribution >= 4 is 40.9 Å². The summed E-state index contributed by atoms with van der Waals surface area (Å²) in [4.78, 5) is 38.1. The molecule has 8 nitrogen and oxygen atoms in total. The van der Waals surface area contributed by atoms with Crippen LogP contribution in [0.5, 0.6) is 0 Å². The van der Waals surface area contributed by atoms with Crippen LogP contribution in [0.2, 0.25) is 0 Å². The number of para-hydroxylation sites is 1. The normalized spacial score (nSPS) is 15.1. The molecule has 3 rings (SSSR count). The van der Waals surface area contributed by atoms with Crippen molar-refractivity contribution in [2.24, 2.45) is 0 Å². The Bertz CT molecular complexity index is 1110. The number of ether oxygens (including phenoxy) is 1. The maximum atomic E-state index is 13.0. The number of amides is 2. The molecule has 2 amide bonds. The molecule has 1 aliphatic heterocycles. The van der Waals surface area contributed by atoms with Gasteiger partial charge >= 0.3 is 5.97 Å². The van der Waals surface area contributed by atoms with Gasteiger partial charge in [-0.25, -0.2) is 9.69 Å². The number of esters is 1. The molecular formula is C22H16N4O4S. The van der Waals surface area contributed by atoms with Gasteiger partial charge in [-0.3, -0.25) is 9.59 Å². The summed E-state index contributed by atoms with van der Waals surface area (Å²) in [5.74, 6) is -1.41. The van der Waals surface area contributed by atoms with Crippen LogP contribution >= 0.6 is 11.8 Å². The Morgan fingerprint density at radius 2 is 1.74 bits per heavy atom. The van der Waals surface area contributed by atoms with Crippen molar-refractivity contribution in [3.05, 3.63) is 70.8 Å². The SMILES string of the molecule is COC(=O)c1ccc(N2C(=O)C[C@@H](SC(Nc3ccccc3)=C(C#N)C#N)C2=O)cc1. The first-order valence-corrected chi connectivity index (χ1v) is 9.94. The molecule has 2 aromatic rings. The molecule has 1 saturated heterocycles. The van der Waals surface area contributed by atoms with Crippen molar-refractivity contribution in [3.63, 3.8) is 0 Å². The number of carbonyl (C=O) groups is 3. The lowest BCUT2D eigenvalue weighted by Gasteiger charge is -2.16. The number of nitrogens with zero attached hydrogens (tertiary/aromatic N) is 3. The molecule has 1 heterocycles. The predicted octanol–water partition coefficient (Wildman–Crippen LogP) is 3.21. The van der Waals surface area contributed by atoms with Crippen LogP contribution < -0.4 is 10.2 Å². The molecule has 2 aromatic carbocycles. The topological polar surface area (TPSA) is 123 Å². The van der Waals surface area contributed by atoms with E-state index >= 15 is 0 Å². The highest BCUT2D eigenvalue weighted by atomic mass is 32.2. The van der Waals surface area contributed by atoms with E-state index in [4.69, 9.17) is 0 Å². The van der Waals surface area contributed by atoms with E-state index in [1.54, 1.807) is 24.3 Å². The van der Waals surface area contributed by atoms with Gasteiger partial charge in [0.1, 0.15) is 17.2 Å². The van der Waals surface area contributed by atoms with Gasteiger partial charge in [-0.15, -0.1) is 0 Å². The van der Waals surface area contributed by atoms with Crippen LogP contribution in [0, 0.1) is 22.7 Å². The molecule has 9 heteroatoms. The minimum absolute atomic E-state index is 0.0909. The predicted molar refractivity (Wildman–Crippen MR) is 115 cm³/mol. The molecule has 0 radical (unpaired) electrons. The van der Waals surface area contributed by atoms with E-state index in [0.717, 1.165) is 16.7 Å². The zero-order valence-electron chi connectivity index (χ0n) is 16.4. The summed E-state index contributed by atoms with van der Waals surface area (Å²) < 4.78 is 4.64. The number of benzene rings is 2. The molecule has 31 heavy (non-hydrogen) atoms.